The second kappa shape index (κ2) is 4.61. The highest BCUT2D eigenvalue weighted by atomic mass is 79.9. The smallest absolute Gasteiger partial charge is 0.416 e. The first-order valence-corrected chi connectivity index (χ1v) is 5.22. The van der Waals surface area contributed by atoms with Crippen LogP contribution in [-0.4, -0.2) is 7.11 Å². The minimum absolute atomic E-state index is 0.00390. The van der Waals surface area contributed by atoms with Crippen LogP contribution in [0, 0.1) is 0 Å². The Balaban J connectivity index is 3.34. The maximum absolute atomic E-state index is 12.5. The summed E-state index contributed by atoms with van der Waals surface area (Å²) in [5.74, 6) is 0.122. The molecule has 15 heavy (non-hydrogen) atoms. The Morgan fingerprint density at radius 3 is 2.40 bits per heavy atom. The molecule has 0 aliphatic heterocycles. The van der Waals surface area contributed by atoms with E-state index in [2.05, 4.69) is 15.9 Å². The first-order valence-electron chi connectivity index (χ1n) is 3.89. The highest BCUT2D eigenvalue weighted by molar-refractivity contribution is 9.10. The van der Waals surface area contributed by atoms with Crippen molar-refractivity contribution in [1.29, 1.82) is 0 Å². The van der Waals surface area contributed by atoms with E-state index in [1.165, 1.54) is 13.2 Å². The molecule has 0 saturated heterocycles. The fourth-order valence-electron chi connectivity index (χ4n) is 1.13. The summed E-state index contributed by atoms with van der Waals surface area (Å²) in [6.07, 6.45) is -4.40. The minimum atomic E-state index is -4.40. The van der Waals surface area contributed by atoms with Gasteiger partial charge < -0.3 is 4.74 Å². The van der Waals surface area contributed by atoms with Gasteiger partial charge in [-0.05, 0) is 33.6 Å². The molecular formula is C9H7BrClF3O. The van der Waals surface area contributed by atoms with Gasteiger partial charge in [0.1, 0.15) is 5.75 Å². The third-order valence-corrected chi connectivity index (χ3v) is 2.73. The third kappa shape index (κ3) is 2.78. The molecule has 1 aromatic rings. The zero-order valence-electron chi connectivity index (χ0n) is 7.66. The average molecular weight is 304 g/mol. The molecule has 0 N–H and O–H groups in total. The number of methoxy groups -OCH3 is 1. The molecule has 84 valence electrons. The van der Waals surface area contributed by atoms with Gasteiger partial charge in [-0.2, -0.15) is 13.2 Å². The summed E-state index contributed by atoms with van der Waals surface area (Å²) < 4.78 is 42.7. The van der Waals surface area contributed by atoms with Gasteiger partial charge in [0.2, 0.25) is 0 Å². The molecule has 0 bridgehead atoms. The molecule has 0 amide bonds. The van der Waals surface area contributed by atoms with E-state index in [4.69, 9.17) is 16.3 Å². The highest BCUT2D eigenvalue weighted by Crippen LogP contribution is 2.38. The Labute approximate surface area is 98.3 Å². The first kappa shape index (κ1) is 12.6. The predicted molar refractivity (Wildman–Crippen MR) is 55.3 cm³/mol. The quantitative estimate of drug-likeness (QED) is 0.744. The molecule has 0 unspecified atom stereocenters. The van der Waals surface area contributed by atoms with Crippen molar-refractivity contribution in [1.82, 2.24) is 0 Å². The maximum atomic E-state index is 12.5. The van der Waals surface area contributed by atoms with Gasteiger partial charge >= 0.3 is 6.18 Å². The van der Waals surface area contributed by atoms with Crippen LogP contribution in [0.4, 0.5) is 13.2 Å². The lowest BCUT2D eigenvalue weighted by Crippen LogP contribution is -2.09. The third-order valence-electron chi connectivity index (χ3n) is 1.83. The molecule has 0 spiro atoms. The van der Waals surface area contributed by atoms with Crippen LogP contribution in [0.3, 0.4) is 0 Å². The van der Waals surface area contributed by atoms with Crippen LogP contribution in [-0.2, 0) is 12.1 Å². The summed E-state index contributed by atoms with van der Waals surface area (Å²) >= 11 is 8.44. The summed E-state index contributed by atoms with van der Waals surface area (Å²) in [5.41, 5.74) is -0.741. The number of rotatable bonds is 2. The SMILES string of the molecule is COc1cc(CCl)c(C(F)(F)F)cc1Br. The second-order valence-corrected chi connectivity index (χ2v) is 3.90. The number of benzene rings is 1. The van der Waals surface area contributed by atoms with E-state index in [9.17, 15) is 13.2 Å². The number of alkyl halides is 4. The van der Waals surface area contributed by atoms with Crippen LogP contribution in [0.2, 0.25) is 0 Å². The van der Waals surface area contributed by atoms with Crippen LogP contribution in [0.1, 0.15) is 11.1 Å². The number of halogens is 5. The molecule has 1 nitrogen and oxygen atoms in total. The Morgan fingerprint density at radius 1 is 1.40 bits per heavy atom. The van der Waals surface area contributed by atoms with Crippen LogP contribution in [0.25, 0.3) is 0 Å². The van der Waals surface area contributed by atoms with Crippen molar-refractivity contribution >= 4 is 27.5 Å². The standard InChI is InChI=1S/C9H7BrClF3O/c1-15-8-2-5(4-11)6(3-7(8)10)9(12,13)14/h2-3H,4H2,1H3. The molecule has 0 aromatic heterocycles. The fraction of sp³-hybridized carbons (Fsp3) is 0.333. The van der Waals surface area contributed by atoms with E-state index < -0.39 is 11.7 Å². The molecule has 0 atom stereocenters. The summed E-state index contributed by atoms with van der Waals surface area (Å²) in [6.45, 7) is 0. The summed E-state index contributed by atoms with van der Waals surface area (Å²) in [4.78, 5) is 0. The van der Waals surface area contributed by atoms with Gasteiger partial charge in [0.25, 0.3) is 0 Å². The Bertz CT molecular complexity index is 365. The van der Waals surface area contributed by atoms with Crippen LogP contribution < -0.4 is 4.74 Å². The van der Waals surface area contributed by atoms with Crippen LogP contribution in [0.5, 0.6) is 5.75 Å². The van der Waals surface area contributed by atoms with E-state index in [1.807, 2.05) is 0 Å². The van der Waals surface area contributed by atoms with E-state index >= 15 is 0 Å². The number of hydrogen-bond acceptors (Lipinski definition) is 1. The van der Waals surface area contributed by atoms with Crippen molar-refractivity contribution in [3.8, 4) is 5.75 Å². The lowest BCUT2D eigenvalue weighted by molar-refractivity contribution is -0.138. The van der Waals surface area contributed by atoms with Crippen LogP contribution >= 0.6 is 27.5 Å². The summed E-state index contributed by atoms with van der Waals surface area (Å²) in [6, 6.07) is 2.25. The van der Waals surface area contributed by atoms with Gasteiger partial charge in [-0.1, -0.05) is 0 Å². The highest BCUT2D eigenvalue weighted by Gasteiger charge is 2.33. The molecular weight excluding hydrogens is 296 g/mol. The zero-order chi connectivity index (χ0) is 11.6. The first-order chi connectivity index (χ1) is 6.90. The van der Waals surface area contributed by atoms with Gasteiger partial charge in [-0.3, -0.25) is 0 Å². The largest absolute Gasteiger partial charge is 0.496 e. The normalized spacial score (nSPS) is 11.6. The minimum Gasteiger partial charge on any atom is -0.496 e. The summed E-state index contributed by atoms with van der Waals surface area (Å²) in [7, 11) is 1.38. The molecule has 0 heterocycles. The fourth-order valence-corrected chi connectivity index (χ4v) is 1.85. The Hall–Kier alpha value is -0.420. The monoisotopic (exact) mass is 302 g/mol. The van der Waals surface area contributed by atoms with Gasteiger partial charge in [0, 0.05) is 5.88 Å². The van der Waals surface area contributed by atoms with E-state index in [0.717, 1.165) is 6.07 Å². The molecule has 0 saturated carbocycles. The molecule has 0 radical (unpaired) electrons. The Kier molecular flexibility index (Phi) is 3.89. The molecule has 1 aromatic carbocycles. The van der Waals surface area contributed by atoms with Crippen LogP contribution in [0.15, 0.2) is 16.6 Å². The lowest BCUT2D eigenvalue weighted by Gasteiger charge is -2.13. The molecule has 0 fully saturated rings. The van der Waals surface area contributed by atoms with Crippen molar-refractivity contribution in [3.05, 3.63) is 27.7 Å². The molecule has 0 aliphatic carbocycles. The number of hydrogen-bond donors (Lipinski definition) is 0. The van der Waals surface area contributed by atoms with Gasteiger partial charge in [0.05, 0.1) is 17.1 Å². The Morgan fingerprint density at radius 2 is 2.00 bits per heavy atom. The molecule has 0 aliphatic rings. The van der Waals surface area contributed by atoms with E-state index in [0.29, 0.717) is 5.75 Å². The topological polar surface area (TPSA) is 9.23 Å². The van der Waals surface area contributed by atoms with Crippen molar-refractivity contribution in [3.63, 3.8) is 0 Å². The van der Waals surface area contributed by atoms with Gasteiger partial charge in [0.15, 0.2) is 0 Å². The zero-order valence-corrected chi connectivity index (χ0v) is 10.0. The van der Waals surface area contributed by atoms with Crippen molar-refractivity contribution in [2.45, 2.75) is 12.1 Å². The van der Waals surface area contributed by atoms with Crippen molar-refractivity contribution in [2.24, 2.45) is 0 Å². The van der Waals surface area contributed by atoms with E-state index in [1.54, 1.807) is 0 Å². The molecule has 6 heteroatoms. The average Bonchev–Trinajstić information content (AvgIpc) is 2.16. The van der Waals surface area contributed by atoms with E-state index in [-0.39, 0.29) is 15.9 Å². The lowest BCUT2D eigenvalue weighted by atomic mass is 10.1. The summed E-state index contributed by atoms with van der Waals surface area (Å²) in [5, 5.41) is 0. The van der Waals surface area contributed by atoms with Crippen molar-refractivity contribution < 1.29 is 17.9 Å². The predicted octanol–water partition coefficient (Wildman–Crippen LogP) is 4.22. The van der Waals surface area contributed by atoms with Crippen molar-refractivity contribution in [2.75, 3.05) is 7.11 Å². The van der Waals surface area contributed by atoms with Gasteiger partial charge in [-0.25, -0.2) is 0 Å². The van der Waals surface area contributed by atoms with Gasteiger partial charge in [-0.15, -0.1) is 11.6 Å². The molecule has 1 rings (SSSR count). The second-order valence-electron chi connectivity index (χ2n) is 2.78. The maximum Gasteiger partial charge on any atom is 0.416 e. The number of ether oxygens (including phenoxy) is 1.